The zero-order valence-electron chi connectivity index (χ0n) is 12.5. The lowest BCUT2D eigenvalue weighted by Gasteiger charge is -2.34. The monoisotopic (exact) mass is 394 g/mol. The van der Waals surface area contributed by atoms with Crippen molar-refractivity contribution >= 4 is 37.3 Å². The van der Waals surface area contributed by atoms with Crippen molar-refractivity contribution in [3.05, 3.63) is 15.9 Å². The summed E-state index contributed by atoms with van der Waals surface area (Å²) < 4.78 is 28.5. The normalized spacial score (nSPS) is 21.0. The molecule has 2 heterocycles. The maximum atomic E-state index is 12.9. The molecule has 2 rings (SSSR count). The fourth-order valence-corrected chi connectivity index (χ4v) is 6.72. The van der Waals surface area contributed by atoms with Crippen LogP contribution < -0.4 is 5.32 Å². The number of thiophene rings is 1. The number of nitrogens with one attached hydrogen (secondary N) is 1. The van der Waals surface area contributed by atoms with E-state index in [4.69, 9.17) is 0 Å². The van der Waals surface area contributed by atoms with Gasteiger partial charge in [0.15, 0.2) is 0 Å². The molecular formula is C14H23BrN2O2S2. The number of sulfonamides is 1. The van der Waals surface area contributed by atoms with Gasteiger partial charge in [-0.25, -0.2) is 8.42 Å². The first-order valence-corrected chi connectivity index (χ1v) is 10.5. The second kappa shape index (κ2) is 7.55. The van der Waals surface area contributed by atoms with Crippen LogP contribution in [0.15, 0.2) is 20.1 Å². The molecule has 1 aromatic heterocycles. The lowest BCUT2D eigenvalue weighted by atomic mass is 10.0. The second-order valence-electron chi connectivity index (χ2n) is 5.87. The molecule has 7 heteroatoms. The number of hydrogen-bond acceptors (Lipinski definition) is 4. The maximum absolute atomic E-state index is 12.9. The van der Waals surface area contributed by atoms with Crippen LogP contribution in [0.1, 0.15) is 33.1 Å². The molecule has 1 aromatic rings. The Labute approximate surface area is 140 Å². The van der Waals surface area contributed by atoms with E-state index in [1.165, 1.54) is 11.3 Å². The SMILES string of the molecule is CC(C)CNCC1CCCCN1S(=O)(=O)c1sccc1Br. The molecule has 0 aromatic carbocycles. The van der Waals surface area contributed by atoms with E-state index in [0.29, 0.717) is 21.1 Å². The van der Waals surface area contributed by atoms with Crippen LogP contribution in [0.5, 0.6) is 0 Å². The van der Waals surface area contributed by atoms with E-state index in [1.807, 2.05) is 5.38 Å². The minimum Gasteiger partial charge on any atom is -0.315 e. The van der Waals surface area contributed by atoms with Crippen LogP contribution in [-0.4, -0.2) is 38.4 Å². The first-order chi connectivity index (χ1) is 9.93. The molecule has 0 aliphatic carbocycles. The minimum atomic E-state index is -3.38. The largest absolute Gasteiger partial charge is 0.315 e. The van der Waals surface area contributed by atoms with Gasteiger partial charge in [-0.15, -0.1) is 11.3 Å². The predicted octanol–water partition coefficient (Wildman–Crippen LogP) is 3.30. The average Bonchev–Trinajstić information content (AvgIpc) is 2.86. The highest BCUT2D eigenvalue weighted by atomic mass is 79.9. The summed E-state index contributed by atoms with van der Waals surface area (Å²) in [4.78, 5) is 0. The van der Waals surface area contributed by atoms with Crippen LogP contribution in [0, 0.1) is 5.92 Å². The third kappa shape index (κ3) is 4.28. The zero-order valence-corrected chi connectivity index (χ0v) is 15.7. The molecule has 0 bridgehead atoms. The van der Waals surface area contributed by atoms with Gasteiger partial charge >= 0.3 is 0 Å². The summed E-state index contributed by atoms with van der Waals surface area (Å²) in [5.41, 5.74) is 0. The fraction of sp³-hybridized carbons (Fsp3) is 0.714. The van der Waals surface area contributed by atoms with E-state index in [2.05, 4.69) is 35.1 Å². The molecule has 1 unspecified atom stereocenters. The molecule has 4 nitrogen and oxygen atoms in total. The summed E-state index contributed by atoms with van der Waals surface area (Å²) in [7, 11) is -3.38. The van der Waals surface area contributed by atoms with Gasteiger partial charge in [-0.05, 0) is 52.7 Å². The van der Waals surface area contributed by atoms with Gasteiger partial charge in [-0.3, -0.25) is 0 Å². The van der Waals surface area contributed by atoms with E-state index in [-0.39, 0.29) is 6.04 Å². The van der Waals surface area contributed by atoms with Crippen LogP contribution in [-0.2, 0) is 10.0 Å². The highest BCUT2D eigenvalue weighted by Crippen LogP contribution is 2.33. The van der Waals surface area contributed by atoms with Gasteiger partial charge in [0.1, 0.15) is 4.21 Å². The van der Waals surface area contributed by atoms with Crippen LogP contribution in [0.3, 0.4) is 0 Å². The number of piperidine rings is 1. The Morgan fingerprint density at radius 2 is 2.24 bits per heavy atom. The van der Waals surface area contributed by atoms with Crippen molar-refractivity contribution in [1.29, 1.82) is 0 Å². The molecule has 0 amide bonds. The topological polar surface area (TPSA) is 49.4 Å². The summed E-state index contributed by atoms with van der Waals surface area (Å²) in [6.45, 7) is 6.60. The van der Waals surface area contributed by atoms with Crippen molar-refractivity contribution in [2.24, 2.45) is 5.92 Å². The molecule has 1 aliphatic rings. The quantitative estimate of drug-likeness (QED) is 0.804. The molecule has 120 valence electrons. The van der Waals surface area contributed by atoms with Gasteiger partial charge in [-0.2, -0.15) is 4.31 Å². The standard InChI is InChI=1S/C14H23BrN2O2S2/c1-11(2)9-16-10-12-5-3-4-7-17(12)21(18,19)14-13(15)6-8-20-14/h6,8,11-12,16H,3-5,7,9-10H2,1-2H3. The van der Waals surface area contributed by atoms with Gasteiger partial charge in [0.05, 0.1) is 0 Å². The van der Waals surface area contributed by atoms with E-state index in [0.717, 1.165) is 32.4 Å². The molecule has 1 aliphatic heterocycles. The molecule has 1 fully saturated rings. The molecule has 0 radical (unpaired) electrons. The number of nitrogens with zero attached hydrogens (tertiary/aromatic N) is 1. The smallest absolute Gasteiger partial charge is 0.253 e. The summed E-state index contributed by atoms with van der Waals surface area (Å²) in [6, 6.07) is 1.87. The molecule has 21 heavy (non-hydrogen) atoms. The van der Waals surface area contributed by atoms with Gasteiger partial charge in [0.2, 0.25) is 0 Å². The molecule has 0 spiro atoms. The lowest BCUT2D eigenvalue weighted by molar-refractivity contribution is 0.244. The summed E-state index contributed by atoms with van der Waals surface area (Å²) >= 11 is 4.63. The first-order valence-electron chi connectivity index (χ1n) is 7.38. The Kier molecular flexibility index (Phi) is 6.25. The lowest BCUT2D eigenvalue weighted by Crippen LogP contribution is -2.48. The third-order valence-electron chi connectivity index (χ3n) is 3.63. The van der Waals surface area contributed by atoms with Crippen molar-refractivity contribution in [1.82, 2.24) is 9.62 Å². The van der Waals surface area contributed by atoms with Crippen molar-refractivity contribution in [3.63, 3.8) is 0 Å². The van der Waals surface area contributed by atoms with Crippen molar-refractivity contribution in [2.45, 2.75) is 43.4 Å². The number of rotatable bonds is 6. The summed E-state index contributed by atoms with van der Waals surface area (Å²) in [5.74, 6) is 0.574. The molecular weight excluding hydrogens is 372 g/mol. The number of hydrogen-bond donors (Lipinski definition) is 1. The van der Waals surface area contributed by atoms with Gasteiger partial charge < -0.3 is 5.32 Å². The Morgan fingerprint density at radius 3 is 2.86 bits per heavy atom. The average molecular weight is 395 g/mol. The molecule has 1 saturated heterocycles. The van der Waals surface area contributed by atoms with Gasteiger partial charge in [0, 0.05) is 23.6 Å². The summed E-state index contributed by atoms with van der Waals surface area (Å²) in [6.07, 6.45) is 2.99. The summed E-state index contributed by atoms with van der Waals surface area (Å²) in [5, 5.41) is 5.21. The Hall–Kier alpha value is 0.0500. The Balaban J connectivity index is 2.13. The Morgan fingerprint density at radius 1 is 1.48 bits per heavy atom. The van der Waals surface area contributed by atoms with Crippen LogP contribution in [0.2, 0.25) is 0 Å². The highest BCUT2D eigenvalue weighted by Gasteiger charge is 2.35. The number of halogens is 1. The fourth-order valence-electron chi connectivity index (χ4n) is 2.60. The molecule has 1 N–H and O–H groups in total. The van der Waals surface area contributed by atoms with E-state index in [1.54, 1.807) is 10.4 Å². The third-order valence-corrected chi connectivity index (χ3v) is 8.23. The molecule has 1 atom stereocenters. The van der Waals surface area contributed by atoms with Crippen LogP contribution in [0.4, 0.5) is 0 Å². The van der Waals surface area contributed by atoms with Crippen molar-refractivity contribution in [2.75, 3.05) is 19.6 Å². The van der Waals surface area contributed by atoms with E-state index < -0.39 is 10.0 Å². The van der Waals surface area contributed by atoms with Gasteiger partial charge in [-0.1, -0.05) is 20.3 Å². The van der Waals surface area contributed by atoms with Crippen molar-refractivity contribution in [3.8, 4) is 0 Å². The molecule has 0 saturated carbocycles. The van der Waals surface area contributed by atoms with Crippen LogP contribution in [0.25, 0.3) is 0 Å². The Bertz CT molecular complexity index is 557. The predicted molar refractivity (Wildman–Crippen MR) is 91.3 cm³/mol. The highest BCUT2D eigenvalue weighted by molar-refractivity contribution is 9.10. The second-order valence-corrected chi connectivity index (χ2v) is 9.73. The van der Waals surface area contributed by atoms with Crippen LogP contribution >= 0.6 is 27.3 Å². The van der Waals surface area contributed by atoms with E-state index >= 15 is 0 Å². The van der Waals surface area contributed by atoms with E-state index in [9.17, 15) is 8.42 Å². The van der Waals surface area contributed by atoms with Gasteiger partial charge in [0.25, 0.3) is 10.0 Å². The maximum Gasteiger partial charge on any atom is 0.253 e. The first kappa shape index (κ1) is 17.4. The minimum absolute atomic E-state index is 0.0662. The zero-order chi connectivity index (χ0) is 15.5. The van der Waals surface area contributed by atoms with Crippen molar-refractivity contribution < 1.29 is 8.42 Å².